The highest BCUT2D eigenvalue weighted by Crippen LogP contribution is 2.46. The summed E-state index contributed by atoms with van der Waals surface area (Å²) in [5.41, 5.74) is 0. The van der Waals surface area contributed by atoms with E-state index in [1.165, 1.54) is 38.5 Å². The fraction of sp³-hybridized carbons (Fsp3) is 1.00. The van der Waals surface area contributed by atoms with Crippen molar-refractivity contribution in [2.45, 2.75) is 73.4 Å². The maximum Gasteiger partial charge on any atom is 0.0852 e. The lowest BCUT2D eigenvalue weighted by Gasteiger charge is -2.25. The van der Waals surface area contributed by atoms with Crippen LogP contribution in [-0.2, 0) is 9.47 Å². The first-order valence-corrected chi connectivity index (χ1v) is 7.29. The van der Waals surface area contributed by atoms with E-state index >= 15 is 0 Å². The summed E-state index contributed by atoms with van der Waals surface area (Å²) in [6.45, 7) is 0. The SMILES string of the molecule is C1CC2OC2CC1SC1CCC2OC2C1. The van der Waals surface area contributed by atoms with Gasteiger partial charge in [-0.3, -0.25) is 0 Å². The third-order valence-corrected chi connectivity index (χ3v) is 5.92. The van der Waals surface area contributed by atoms with Crippen molar-refractivity contribution in [2.24, 2.45) is 0 Å². The van der Waals surface area contributed by atoms with Gasteiger partial charge in [-0.05, 0) is 38.5 Å². The molecule has 3 heteroatoms. The summed E-state index contributed by atoms with van der Waals surface area (Å²) in [5.74, 6) is 0. The Morgan fingerprint density at radius 1 is 0.667 bits per heavy atom. The van der Waals surface area contributed by atoms with E-state index < -0.39 is 0 Å². The average molecular weight is 226 g/mol. The minimum Gasteiger partial charge on any atom is -0.370 e. The molecule has 6 atom stereocenters. The number of thioether (sulfide) groups is 1. The van der Waals surface area contributed by atoms with Crippen LogP contribution in [0.1, 0.15) is 38.5 Å². The van der Waals surface area contributed by atoms with E-state index in [0.29, 0.717) is 24.4 Å². The molecule has 0 radical (unpaired) electrons. The minimum atomic E-state index is 0.643. The van der Waals surface area contributed by atoms with Crippen LogP contribution in [0.5, 0.6) is 0 Å². The van der Waals surface area contributed by atoms with Crippen LogP contribution in [0, 0.1) is 0 Å². The molecular weight excluding hydrogens is 208 g/mol. The smallest absolute Gasteiger partial charge is 0.0852 e. The maximum absolute atomic E-state index is 5.59. The van der Waals surface area contributed by atoms with E-state index in [1.807, 2.05) is 0 Å². The van der Waals surface area contributed by atoms with Crippen LogP contribution < -0.4 is 0 Å². The van der Waals surface area contributed by atoms with Crippen LogP contribution in [0.15, 0.2) is 0 Å². The molecule has 0 spiro atoms. The molecule has 2 aliphatic carbocycles. The first kappa shape index (κ1) is 9.32. The lowest BCUT2D eigenvalue weighted by Crippen LogP contribution is -2.22. The van der Waals surface area contributed by atoms with Crippen LogP contribution in [0.4, 0.5) is 0 Å². The number of hydrogen-bond donors (Lipinski definition) is 0. The van der Waals surface area contributed by atoms with Crippen molar-refractivity contribution in [3.05, 3.63) is 0 Å². The van der Waals surface area contributed by atoms with Gasteiger partial charge in [0.05, 0.1) is 24.4 Å². The first-order chi connectivity index (χ1) is 7.38. The molecule has 0 aromatic heterocycles. The third-order valence-electron chi connectivity index (χ3n) is 4.30. The van der Waals surface area contributed by atoms with E-state index in [4.69, 9.17) is 9.47 Å². The summed E-state index contributed by atoms with van der Waals surface area (Å²) in [5, 5.41) is 1.77. The Morgan fingerprint density at radius 3 is 1.67 bits per heavy atom. The normalized spacial score (nSPS) is 56.8. The zero-order valence-corrected chi connectivity index (χ0v) is 9.75. The molecule has 2 heterocycles. The Balaban J connectivity index is 1.31. The highest BCUT2D eigenvalue weighted by atomic mass is 32.2. The molecule has 0 aromatic rings. The lowest BCUT2D eigenvalue weighted by molar-refractivity contribution is 0.373. The van der Waals surface area contributed by atoms with Gasteiger partial charge in [0.2, 0.25) is 0 Å². The van der Waals surface area contributed by atoms with Crippen LogP contribution in [0.2, 0.25) is 0 Å². The summed E-state index contributed by atoms with van der Waals surface area (Å²) < 4.78 is 11.2. The topological polar surface area (TPSA) is 25.1 Å². The Kier molecular flexibility index (Phi) is 2.10. The summed E-state index contributed by atoms with van der Waals surface area (Å²) in [6, 6.07) is 0. The quantitative estimate of drug-likeness (QED) is 0.676. The Hall–Kier alpha value is 0.270. The Bertz CT molecular complexity index is 244. The summed E-state index contributed by atoms with van der Waals surface area (Å²) in [4.78, 5) is 0. The summed E-state index contributed by atoms with van der Waals surface area (Å²) in [7, 11) is 0. The van der Waals surface area contributed by atoms with Gasteiger partial charge in [0.25, 0.3) is 0 Å². The highest BCUT2D eigenvalue weighted by molar-refractivity contribution is 8.00. The number of ether oxygens (including phenoxy) is 2. The fourth-order valence-corrected chi connectivity index (χ4v) is 4.94. The molecule has 2 saturated heterocycles. The molecule has 2 nitrogen and oxygen atoms in total. The van der Waals surface area contributed by atoms with Gasteiger partial charge >= 0.3 is 0 Å². The van der Waals surface area contributed by atoms with E-state index in [9.17, 15) is 0 Å². The lowest BCUT2D eigenvalue weighted by atomic mass is 10.00. The zero-order chi connectivity index (χ0) is 9.83. The van der Waals surface area contributed by atoms with Crippen LogP contribution in [0.25, 0.3) is 0 Å². The second-order valence-corrected chi connectivity index (χ2v) is 7.04. The molecular formula is C12H18O2S. The van der Waals surface area contributed by atoms with Gasteiger partial charge < -0.3 is 9.47 Å². The molecule has 15 heavy (non-hydrogen) atoms. The Morgan fingerprint density at radius 2 is 1.20 bits per heavy atom. The monoisotopic (exact) mass is 226 g/mol. The maximum atomic E-state index is 5.59. The van der Waals surface area contributed by atoms with Gasteiger partial charge in [0, 0.05) is 10.5 Å². The molecule has 4 aliphatic rings. The molecule has 2 aliphatic heterocycles. The van der Waals surface area contributed by atoms with E-state index in [2.05, 4.69) is 11.8 Å². The summed E-state index contributed by atoms with van der Waals surface area (Å²) in [6.07, 6.45) is 10.6. The van der Waals surface area contributed by atoms with Crippen molar-refractivity contribution in [1.29, 1.82) is 0 Å². The van der Waals surface area contributed by atoms with Crippen LogP contribution in [0.3, 0.4) is 0 Å². The molecule has 2 saturated carbocycles. The van der Waals surface area contributed by atoms with Gasteiger partial charge in [-0.15, -0.1) is 0 Å². The average Bonchev–Trinajstić information content (AvgIpc) is 3.11. The molecule has 0 amide bonds. The van der Waals surface area contributed by atoms with Gasteiger partial charge in [-0.1, -0.05) is 0 Å². The van der Waals surface area contributed by atoms with Gasteiger partial charge in [-0.25, -0.2) is 0 Å². The largest absolute Gasteiger partial charge is 0.370 e. The van der Waals surface area contributed by atoms with Crippen molar-refractivity contribution in [3.63, 3.8) is 0 Å². The van der Waals surface area contributed by atoms with Gasteiger partial charge in [-0.2, -0.15) is 11.8 Å². The van der Waals surface area contributed by atoms with Crippen molar-refractivity contribution in [2.75, 3.05) is 0 Å². The van der Waals surface area contributed by atoms with E-state index in [1.54, 1.807) is 0 Å². The van der Waals surface area contributed by atoms with Crippen molar-refractivity contribution in [3.8, 4) is 0 Å². The standard InChI is InChI=1S/C12H18O2S/c1-3-9-11(13-9)5-7(1)15-8-2-4-10-12(6-8)14-10/h7-12H,1-6H2. The molecule has 0 N–H and O–H groups in total. The predicted molar refractivity (Wildman–Crippen MR) is 60.2 cm³/mol. The van der Waals surface area contributed by atoms with Crippen molar-refractivity contribution >= 4 is 11.8 Å². The molecule has 4 fully saturated rings. The van der Waals surface area contributed by atoms with Gasteiger partial charge in [0.1, 0.15) is 0 Å². The molecule has 6 unspecified atom stereocenters. The van der Waals surface area contributed by atoms with Crippen LogP contribution >= 0.6 is 11.8 Å². The fourth-order valence-electron chi connectivity index (χ4n) is 3.25. The molecule has 84 valence electrons. The summed E-state index contributed by atoms with van der Waals surface area (Å²) >= 11 is 2.24. The second kappa shape index (κ2) is 3.38. The van der Waals surface area contributed by atoms with E-state index in [-0.39, 0.29) is 0 Å². The third kappa shape index (κ3) is 1.83. The number of fused-ring (bicyclic) bond motifs is 2. The number of hydrogen-bond acceptors (Lipinski definition) is 3. The first-order valence-electron chi connectivity index (χ1n) is 6.35. The van der Waals surface area contributed by atoms with Crippen molar-refractivity contribution in [1.82, 2.24) is 0 Å². The van der Waals surface area contributed by atoms with Gasteiger partial charge in [0.15, 0.2) is 0 Å². The second-order valence-electron chi connectivity index (χ2n) is 5.43. The minimum absolute atomic E-state index is 0.643. The van der Waals surface area contributed by atoms with Crippen molar-refractivity contribution < 1.29 is 9.47 Å². The van der Waals surface area contributed by atoms with Crippen LogP contribution in [-0.4, -0.2) is 34.9 Å². The molecule has 0 aromatic carbocycles. The number of rotatable bonds is 2. The Labute approximate surface area is 95.1 Å². The molecule has 0 bridgehead atoms. The predicted octanol–water partition coefficient (Wildman–Crippen LogP) is 2.36. The zero-order valence-electron chi connectivity index (χ0n) is 8.93. The number of epoxide rings is 2. The highest BCUT2D eigenvalue weighted by Gasteiger charge is 2.47. The molecule has 4 rings (SSSR count). The van der Waals surface area contributed by atoms with E-state index in [0.717, 1.165) is 10.5 Å².